The average Bonchev–Trinajstić information content (AvgIpc) is 3.26. The second-order valence-electron chi connectivity index (χ2n) is 12.1. The first kappa shape index (κ1) is 35.0. The molecule has 1 fully saturated rings. The molecule has 0 aromatic heterocycles. The van der Waals surface area contributed by atoms with Crippen molar-refractivity contribution < 1.29 is 19.1 Å². The highest BCUT2D eigenvalue weighted by Crippen LogP contribution is 2.44. The Kier molecular flexibility index (Phi) is 21.9. The Hall–Kier alpha value is -1.06. The lowest BCUT2D eigenvalue weighted by Gasteiger charge is -2.23. The number of carbonyl (C=O) groups excluding carboxylic acids is 2. The minimum atomic E-state index is -0.344. The topological polar surface area (TPSA) is 52.6 Å². The monoisotopic (exact) mass is 536 g/mol. The summed E-state index contributed by atoms with van der Waals surface area (Å²) in [6, 6.07) is 0. The predicted octanol–water partition coefficient (Wildman–Crippen LogP) is 10.2. The van der Waals surface area contributed by atoms with Gasteiger partial charge in [-0.05, 0) is 31.1 Å². The molecule has 4 unspecified atom stereocenters. The molecule has 0 aromatic rings. The molecule has 0 heterocycles. The Bertz CT molecular complexity index is 575. The van der Waals surface area contributed by atoms with Gasteiger partial charge in [-0.3, -0.25) is 9.59 Å². The van der Waals surface area contributed by atoms with Crippen LogP contribution in [0, 0.1) is 23.7 Å². The summed E-state index contributed by atoms with van der Waals surface area (Å²) >= 11 is 0. The summed E-state index contributed by atoms with van der Waals surface area (Å²) in [7, 11) is 0. The molecule has 38 heavy (non-hydrogen) atoms. The van der Waals surface area contributed by atoms with Crippen LogP contribution in [0.2, 0.25) is 0 Å². The molecule has 0 N–H and O–H groups in total. The number of hydrogen-bond acceptors (Lipinski definition) is 4. The molecule has 4 heteroatoms. The summed E-state index contributed by atoms with van der Waals surface area (Å²) < 4.78 is 11.4. The molecule has 0 aliphatic heterocycles. The minimum Gasteiger partial charge on any atom is -0.465 e. The largest absolute Gasteiger partial charge is 0.465 e. The summed E-state index contributed by atoms with van der Waals surface area (Å²) in [5.41, 5.74) is 0. The third kappa shape index (κ3) is 15.5. The normalized spacial score (nSPS) is 21.1. The smallest absolute Gasteiger partial charge is 0.310 e. The van der Waals surface area contributed by atoms with Gasteiger partial charge in [0.2, 0.25) is 0 Å². The van der Waals surface area contributed by atoms with E-state index in [4.69, 9.17) is 9.47 Å². The third-order valence-corrected chi connectivity index (χ3v) is 8.74. The van der Waals surface area contributed by atoms with Crippen molar-refractivity contribution in [3.05, 3.63) is 0 Å². The predicted molar refractivity (Wildman–Crippen MR) is 160 cm³/mol. The van der Waals surface area contributed by atoms with Gasteiger partial charge in [-0.2, -0.15) is 0 Å². The number of hydrogen-bond donors (Lipinski definition) is 0. The SMILES string of the molecule is CCCCCCCCCCCCOC(=O)C1C(C)CC(CC)C1C(=O)OCCCCCCCCCCCC. The van der Waals surface area contributed by atoms with Gasteiger partial charge in [-0.15, -0.1) is 0 Å². The van der Waals surface area contributed by atoms with Crippen LogP contribution in [0.25, 0.3) is 0 Å². The highest BCUT2D eigenvalue weighted by molar-refractivity contribution is 5.83. The van der Waals surface area contributed by atoms with Crippen molar-refractivity contribution in [3.63, 3.8) is 0 Å². The quantitative estimate of drug-likeness (QED) is 0.0860. The van der Waals surface area contributed by atoms with Crippen LogP contribution in [0.15, 0.2) is 0 Å². The molecule has 1 aliphatic rings. The molecule has 1 rings (SSSR count). The zero-order chi connectivity index (χ0) is 27.8. The van der Waals surface area contributed by atoms with Crippen molar-refractivity contribution in [1.29, 1.82) is 0 Å². The molecule has 0 bridgehead atoms. The minimum absolute atomic E-state index is 0.169. The third-order valence-electron chi connectivity index (χ3n) is 8.74. The van der Waals surface area contributed by atoms with Gasteiger partial charge in [0, 0.05) is 0 Å². The van der Waals surface area contributed by atoms with Gasteiger partial charge >= 0.3 is 11.9 Å². The van der Waals surface area contributed by atoms with Gasteiger partial charge in [-0.25, -0.2) is 0 Å². The Morgan fingerprint density at radius 2 is 0.868 bits per heavy atom. The highest BCUT2D eigenvalue weighted by atomic mass is 16.5. The van der Waals surface area contributed by atoms with Crippen molar-refractivity contribution >= 4 is 11.9 Å². The fourth-order valence-corrected chi connectivity index (χ4v) is 6.27. The maximum absolute atomic E-state index is 13.1. The molecule has 0 spiro atoms. The first-order chi connectivity index (χ1) is 18.6. The lowest BCUT2D eigenvalue weighted by Crippen LogP contribution is -2.34. The molecule has 0 radical (unpaired) electrons. The van der Waals surface area contributed by atoms with E-state index in [0.29, 0.717) is 13.2 Å². The standard InChI is InChI=1S/C34H64O4/c1-5-8-10-12-14-16-18-20-22-24-26-37-33(35)31-29(4)28-30(7-3)32(31)34(36)38-27-25-23-21-19-17-15-13-11-9-6-2/h29-32H,5-28H2,1-4H3. The number of rotatable bonds is 25. The number of carbonyl (C=O) groups is 2. The number of unbranched alkanes of at least 4 members (excludes halogenated alkanes) is 18. The molecule has 0 amide bonds. The van der Waals surface area contributed by atoms with E-state index in [-0.39, 0.29) is 35.6 Å². The van der Waals surface area contributed by atoms with Gasteiger partial charge < -0.3 is 9.47 Å². The summed E-state index contributed by atoms with van der Waals surface area (Å²) in [6.07, 6.45) is 27.1. The van der Waals surface area contributed by atoms with Gasteiger partial charge in [0.1, 0.15) is 0 Å². The molecule has 1 saturated carbocycles. The lowest BCUT2D eigenvalue weighted by molar-refractivity contribution is -0.162. The zero-order valence-corrected chi connectivity index (χ0v) is 25.9. The van der Waals surface area contributed by atoms with Gasteiger partial charge in [0.25, 0.3) is 0 Å². The zero-order valence-electron chi connectivity index (χ0n) is 25.9. The first-order valence-corrected chi connectivity index (χ1v) is 16.9. The first-order valence-electron chi connectivity index (χ1n) is 16.9. The van der Waals surface area contributed by atoms with E-state index in [0.717, 1.165) is 38.5 Å². The molecular weight excluding hydrogens is 472 g/mol. The van der Waals surface area contributed by atoms with Crippen molar-refractivity contribution in [2.24, 2.45) is 23.7 Å². The molecule has 1 aliphatic carbocycles. The fraction of sp³-hybridized carbons (Fsp3) is 0.941. The van der Waals surface area contributed by atoms with Crippen LogP contribution in [-0.2, 0) is 19.1 Å². The maximum Gasteiger partial charge on any atom is 0.310 e. The van der Waals surface area contributed by atoms with Gasteiger partial charge in [-0.1, -0.05) is 150 Å². The van der Waals surface area contributed by atoms with Crippen LogP contribution in [0.1, 0.15) is 169 Å². The molecule has 0 aromatic carbocycles. The van der Waals surface area contributed by atoms with E-state index in [1.54, 1.807) is 0 Å². The second kappa shape index (κ2) is 23.8. The Labute approximate surface area is 236 Å². The van der Waals surface area contributed by atoms with Crippen molar-refractivity contribution in [1.82, 2.24) is 0 Å². The summed E-state index contributed by atoms with van der Waals surface area (Å²) in [4.78, 5) is 26.1. The van der Waals surface area contributed by atoms with Crippen LogP contribution in [0.5, 0.6) is 0 Å². The average molecular weight is 537 g/mol. The number of ether oxygens (including phenoxy) is 2. The van der Waals surface area contributed by atoms with Crippen molar-refractivity contribution in [2.45, 2.75) is 169 Å². The molecular formula is C34H64O4. The van der Waals surface area contributed by atoms with Crippen molar-refractivity contribution in [2.75, 3.05) is 13.2 Å². The second-order valence-corrected chi connectivity index (χ2v) is 12.1. The molecule has 224 valence electrons. The van der Waals surface area contributed by atoms with Crippen LogP contribution in [-0.4, -0.2) is 25.2 Å². The lowest BCUT2D eigenvalue weighted by atomic mass is 9.86. The van der Waals surface area contributed by atoms with Crippen LogP contribution in [0.4, 0.5) is 0 Å². The van der Waals surface area contributed by atoms with E-state index >= 15 is 0 Å². The van der Waals surface area contributed by atoms with E-state index < -0.39 is 0 Å². The fourth-order valence-electron chi connectivity index (χ4n) is 6.27. The van der Waals surface area contributed by atoms with Crippen LogP contribution >= 0.6 is 0 Å². The molecule has 4 nitrogen and oxygen atoms in total. The van der Waals surface area contributed by atoms with E-state index in [2.05, 4.69) is 27.7 Å². The summed E-state index contributed by atoms with van der Waals surface area (Å²) in [5.74, 6) is -0.625. The Morgan fingerprint density at radius 3 is 1.24 bits per heavy atom. The Morgan fingerprint density at radius 1 is 0.526 bits per heavy atom. The summed E-state index contributed by atoms with van der Waals surface area (Å²) in [5, 5.41) is 0. The van der Waals surface area contributed by atoms with E-state index in [1.807, 2.05) is 0 Å². The molecule has 0 saturated heterocycles. The number of esters is 2. The summed E-state index contributed by atoms with van der Waals surface area (Å²) in [6.45, 7) is 9.71. The van der Waals surface area contributed by atoms with Crippen LogP contribution in [0.3, 0.4) is 0 Å². The van der Waals surface area contributed by atoms with Gasteiger partial charge in [0.05, 0.1) is 25.0 Å². The van der Waals surface area contributed by atoms with E-state index in [9.17, 15) is 9.59 Å². The van der Waals surface area contributed by atoms with Crippen molar-refractivity contribution in [3.8, 4) is 0 Å². The van der Waals surface area contributed by atoms with Crippen LogP contribution < -0.4 is 0 Å². The highest BCUT2D eigenvalue weighted by Gasteiger charge is 2.49. The van der Waals surface area contributed by atoms with Gasteiger partial charge in [0.15, 0.2) is 0 Å². The molecule has 4 atom stereocenters. The maximum atomic E-state index is 13.1. The van der Waals surface area contributed by atoms with E-state index in [1.165, 1.54) is 103 Å². The Balaban J connectivity index is 2.24.